The number of phenols is 3. The van der Waals surface area contributed by atoms with Crippen LogP contribution in [0, 0.1) is 0 Å². The zero-order chi connectivity index (χ0) is 14.7. The number of hydrogen-bond acceptors (Lipinski definition) is 5. The molecule has 4 aromatic rings. The van der Waals surface area contributed by atoms with E-state index < -0.39 is 0 Å². The lowest BCUT2D eigenvalue weighted by Crippen LogP contribution is -2.05. The molecule has 2 aromatic heterocycles. The second-order valence-electron chi connectivity index (χ2n) is 4.83. The normalized spacial score (nSPS) is 11.6. The maximum absolute atomic E-state index is 12.2. The largest absolute Gasteiger partial charge is 0.508 e. The molecule has 104 valence electrons. The van der Waals surface area contributed by atoms with Crippen molar-refractivity contribution in [2.75, 3.05) is 0 Å². The van der Waals surface area contributed by atoms with Gasteiger partial charge < -0.3 is 24.7 Å². The summed E-state index contributed by atoms with van der Waals surface area (Å²) in [6.45, 7) is 0. The first-order valence-corrected chi connectivity index (χ1v) is 6.18. The minimum absolute atomic E-state index is 0.0304. The van der Waals surface area contributed by atoms with E-state index >= 15 is 0 Å². The van der Waals surface area contributed by atoms with Crippen molar-refractivity contribution in [3.63, 3.8) is 0 Å². The Morgan fingerprint density at radius 3 is 2.52 bits per heavy atom. The fourth-order valence-electron chi connectivity index (χ4n) is 2.55. The highest BCUT2D eigenvalue weighted by Crippen LogP contribution is 2.36. The number of hydrogen-bond donors (Lipinski definition) is 4. The van der Waals surface area contributed by atoms with Crippen LogP contribution in [0.25, 0.3) is 32.8 Å². The first-order valence-electron chi connectivity index (χ1n) is 6.18. The molecule has 0 radical (unpaired) electrons. The van der Waals surface area contributed by atoms with Crippen molar-refractivity contribution >= 4 is 32.8 Å². The molecule has 0 spiro atoms. The molecular formula is C15H9NO5. The van der Waals surface area contributed by atoms with Gasteiger partial charge in [-0.05, 0) is 18.2 Å². The van der Waals surface area contributed by atoms with Crippen molar-refractivity contribution in [3.05, 3.63) is 40.7 Å². The summed E-state index contributed by atoms with van der Waals surface area (Å²) in [7, 11) is 0. The summed E-state index contributed by atoms with van der Waals surface area (Å²) >= 11 is 0. The number of pyridine rings is 1. The van der Waals surface area contributed by atoms with Crippen molar-refractivity contribution in [2.45, 2.75) is 0 Å². The highest BCUT2D eigenvalue weighted by molar-refractivity contribution is 6.14. The van der Waals surface area contributed by atoms with Crippen molar-refractivity contribution in [1.82, 2.24) is 4.98 Å². The minimum Gasteiger partial charge on any atom is -0.508 e. The Morgan fingerprint density at radius 2 is 1.71 bits per heavy atom. The number of nitrogens with one attached hydrogen (secondary N) is 1. The third-order valence-electron chi connectivity index (χ3n) is 3.51. The average Bonchev–Trinajstić information content (AvgIpc) is 2.80. The number of aromatic nitrogens is 1. The molecule has 6 heteroatoms. The van der Waals surface area contributed by atoms with Crippen LogP contribution in [0.5, 0.6) is 17.2 Å². The van der Waals surface area contributed by atoms with Gasteiger partial charge in [0.15, 0.2) is 11.5 Å². The van der Waals surface area contributed by atoms with Gasteiger partial charge in [-0.25, -0.2) is 0 Å². The van der Waals surface area contributed by atoms with Crippen molar-refractivity contribution in [1.29, 1.82) is 0 Å². The van der Waals surface area contributed by atoms with Crippen molar-refractivity contribution in [2.24, 2.45) is 0 Å². The Labute approximate surface area is 116 Å². The number of aromatic amines is 1. The molecule has 2 aromatic carbocycles. The number of rotatable bonds is 0. The van der Waals surface area contributed by atoms with E-state index in [1.807, 2.05) is 0 Å². The van der Waals surface area contributed by atoms with Gasteiger partial charge in [0.05, 0.1) is 10.9 Å². The van der Waals surface area contributed by atoms with Crippen LogP contribution in [0.15, 0.2) is 39.5 Å². The lowest BCUT2D eigenvalue weighted by molar-refractivity contribution is 0.405. The zero-order valence-corrected chi connectivity index (χ0v) is 10.5. The molecule has 0 unspecified atom stereocenters. The summed E-state index contributed by atoms with van der Waals surface area (Å²) in [5.74, 6) is -0.604. The molecule has 0 aliphatic carbocycles. The number of phenolic OH excluding ortho intramolecular Hbond substituents is 3. The van der Waals surface area contributed by atoms with E-state index in [0.717, 1.165) is 0 Å². The van der Waals surface area contributed by atoms with Gasteiger partial charge in [-0.3, -0.25) is 4.79 Å². The standard InChI is InChI=1S/C15H9NO5/c17-6-1-2-7-12(3-6)21-14-8-4-10(18)11(19)5-9(8)16-15(20)13(7)14/h1-5,17-19H,(H,16,20). The van der Waals surface area contributed by atoms with Crippen LogP contribution < -0.4 is 5.56 Å². The molecule has 4 N–H and O–H groups in total. The Balaban J connectivity index is 2.32. The number of benzene rings is 2. The van der Waals surface area contributed by atoms with Crippen LogP contribution >= 0.6 is 0 Å². The van der Waals surface area contributed by atoms with E-state index in [4.69, 9.17) is 4.42 Å². The molecule has 4 rings (SSSR count). The van der Waals surface area contributed by atoms with E-state index in [2.05, 4.69) is 4.98 Å². The Kier molecular flexibility index (Phi) is 2.05. The van der Waals surface area contributed by atoms with Crippen LogP contribution in [-0.2, 0) is 0 Å². The summed E-state index contributed by atoms with van der Waals surface area (Å²) in [4.78, 5) is 14.9. The van der Waals surface area contributed by atoms with Crippen LogP contribution in [0.1, 0.15) is 0 Å². The maximum atomic E-state index is 12.2. The number of H-pyrrole nitrogens is 1. The highest BCUT2D eigenvalue weighted by atomic mass is 16.3. The maximum Gasteiger partial charge on any atom is 0.260 e. The Hall–Kier alpha value is -3.15. The molecule has 0 saturated heterocycles. The van der Waals surface area contributed by atoms with E-state index in [0.29, 0.717) is 32.8 Å². The summed E-state index contributed by atoms with van der Waals surface area (Å²) in [6.07, 6.45) is 0. The molecule has 0 bridgehead atoms. The Bertz CT molecular complexity index is 1090. The van der Waals surface area contributed by atoms with Gasteiger partial charge in [0.25, 0.3) is 5.56 Å². The van der Waals surface area contributed by atoms with Gasteiger partial charge >= 0.3 is 0 Å². The van der Waals surface area contributed by atoms with Gasteiger partial charge in [-0.2, -0.15) is 0 Å². The quantitative estimate of drug-likeness (QED) is 0.371. The van der Waals surface area contributed by atoms with Gasteiger partial charge in [-0.1, -0.05) is 0 Å². The smallest absolute Gasteiger partial charge is 0.260 e. The van der Waals surface area contributed by atoms with E-state index in [1.165, 1.54) is 24.3 Å². The summed E-state index contributed by atoms with van der Waals surface area (Å²) in [5.41, 5.74) is 0.651. The van der Waals surface area contributed by atoms with E-state index in [9.17, 15) is 20.1 Å². The lowest BCUT2D eigenvalue weighted by Gasteiger charge is -2.02. The third kappa shape index (κ3) is 1.50. The van der Waals surface area contributed by atoms with Crippen molar-refractivity contribution in [3.8, 4) is 17.2 Å². The average molecular weight is 283 g/mol. The van der Waals surface area contributed by atoms with E-state index in [1.54, 1.807) is 6.07 Å². The second-order valence-corrected chi connectivity index (χ2v) is 4.83. The molecule has 6 nitrogen and oxygen atoms in total. The predicted molar refractivity (Wildman–Crippen MR) is 76.8 cm³/mol. The zero-order valence-electron chi connectivity index (χ0n) is 10.5. The van der Waals surface area contributed by atoms with E-state index in [-0.39, 0.29) is 22.8 Å². The molecule has 21 heavy (non-hydrogen) atoms. The van der Waals surface area contributed by atoms with Crippen LogP contribution in [0.4, 0.5) is 0 Å². The van der Waals surface area contributed by atoms with Crippen LogP contribution in [-0.4, -0.2) is 20.3 Å². The van der Waals surface area contributed by atoms with Gasteiger partial charge in [0.2, 0.25) is 0 Å². The predicted octanol–water partition coefficient (Wildman–Crippen LogP) is 2.54. The summed E-state index contributed by atoms with van der Waals surface area (Å²) < 4.78 is 5.65. The molecule has 0 aliphatic heterocycles. The van der Waals surface area contributed by atoms with Gasteiger partial charge in [0.1, 0.15) is 16.9 Å². The third-order valence-corrected chi connectivity index (χ3v) is 3.51. The molecular weight excluding hydrogens is 274 g/mol. The second kappa shape index (κ2) is 3.69. The lowest BCUT2D eigenvalue weighted by atomic mass is 10.1. The van der Waals surface area contributed by atoms with Crippen LogP contribution in [0.2, 0.25) is 0 Å². The SMILES string of the molecule is O=c1[nH]c2cc(O)c(O)cc2c2oc3cc(O)ccc3c12. The topological polar surface area (TPSA) is 107 Å². The Morgan fingerprint density at radius 1 is 0.952 bits per heavy atom. The fraction of sp³-hybridized carbons (Fsp3) is 0. The molecule has 0 fully saturated rings. The summed E-state index contributed by atoms with van der Waals surface area (Å²) in [5, 5.41) is 30.0. The van der Waals surface area contributed by atoms with Gasteiger partial charge in [0, 0.05) is 22.9 Å². The molecule has 0 amide bonds. The van der Waals surface area contributed by atoms with Gasteiger partial charge in [-0.15, -0.1) is 0 Å². The number of fused-ring (bicyclic) bond motifs is 5. The minimum atomic E-state index is -0.368. The van der Waals surface area contributed by atoms with Crippen LogP contribution in [0.3, 0.4) is 0 Å². The molecule has 0 aliphatic rings. The first-order chi connectivity index (χ1) is 10.0. The van der Waals surface area contributed by atoms with Crippen molar-refractivity contribution < 1.29 is 19.7 Å². The highest BCUT2D eigenvalue weighted by Gasteiger charge is 2.16. The number of aromatic hydroxyl groups is 3. The fourth-order valence-corrected chi connectivity index (χ4v) is 2.55. The molecule has 0 saturated carbocycles. The first kappa shape index (κ1) is 11.7. The molecule has 2 heterocycles. The number of furan rings is 1. The summed E-state index contributed by atoms with van der Waals surface area (Å²) in [6, 6.07) is 7.06. The monoisotopic (exact) mass is 283 g/mol. The molecule has 0 atom stereocenters.